The Morgan fingerprint density at radius 3 is 2.76 bits per heavy atom. The Balaban J connectivity index is 2.16. The van der Waals surface area contributed by atoms with Crippen LogP contribution in [-0.2, 0) is 6.42 Å². The molecule has 0 amide bonds. The van der Waals surface area contributed by atoms with E-state index in [1.807, 2.05) is 18.3 Å². The molecular formula is C18H23NO2. The molecule has 1 atom stereocenters. The van der Waals surface area contributed by atoms with Crippen molar-refractivity contribution in [3.63, 3.8) is 0 Å². The SMILES string of the molecule is COc1ccc(C)cc1-n1ccc2c1CC(C)(C)CC2O. The molecule has 1 heterocycles. The normalized spacial score (nSPS) is 20.1. The largest absolute Gasteiger partial charge is 0.495 e. The van der Waals surface area contributed by atoms with Gasteiger partial charge in [0.2, 0.25) is 0 Å². The molecule has 0 saturated heterocycles. The lowest BCUT2D eigenvalue weighted by molar-refractivity contribution is 0.0986. The summed E-state index contributed by atoms with van der Waals surface area (Å²) >= 11 is 0. The molecule has 0 spiro atoms. The molecule has 0 radical (unpaired) electrons. The summed E-state index contributed by atoms with van der Waals surface area (Å²) in [6, 6.07) is 8.22. The fourth-order valence-electron chi connectivity index (χ4n) is 3.34. The smallest absolute Gasteiger partial charge is 0.142 e. The number of hydrogen-bond donors (Lipinski definition) is 1. The van der Waals surface area contributed by atoms with Gasteiger partial charge in [-0.3, -0.25) is 0 Å². The summed E-state index contributed by atoms with van der Waals surface area (Å²) in [6.07, 6.45) is 3.45. The third-order valence-corrected chi connectivity index (χ3v) is 4.37. The number of aliphatic hydroxyl groups excluding tert-OH is 1. The molecule has 112 valence electrons. The Morgan fingerprint density at radius 2 is 2.05 bits per heavy atom. The molecular weight excluding hydrogens is 262 g/mol. The van der Waals surface area contributed by atoms with Gasteiger partial charge in [-0.25, -0.2) is 0 Å². The van der Waals surface area contributed by atoms with Gasteiger partial charge in [0, 0.05) is 17.5 Å². The summed E-state index contributed by atoms with van der Waals surface area (Å²) in [6.45, 7) is 6.51. The molecule has 0 bridgehead atoms. The van der Waals surface area contributed by atoms with E-state index in [0.717, 1.165) is 29.8 Å². The van der Waals surface area contributed by atoms with E-state index in [9.17, 15) is 5.11 Å². The van der Waals surface area contributed by atoms with Crippen LogP contribution in [0.3, 0.4) is 0 Å². The van der Waals surface area contributed by atoms with Crippen molar-refractivity contribution in [1.29, 1.82) is 0 Å². The third-order valence-electron chi connectivity index (χ3n) is 4.37. The van der Waals surface area contributed by atoms with Gasteiger partial charge in [-0.15, -0.1) is 0 Å². The maximum absolute atomic E-state index is 10.4. The van der Waals surface area contributed by atoms with E-state index in [2.05, 4.69) is 37.5 Å². The number of rotatable bonds is 2. The second kappa shape index (κ2) is 4.92. The first-order valence-electron chi connectivity index (χ1n) is 7.44. The number of methoxy groups -OCH3 is 1. The molecule has 1 aliphatic carbocycles. The second-order valence-corrected chi connectivity index (χ2v) is 6.82. The molecule has 1 aliphatic rings. The van der Waals surface area contributed by atoms with Crippen molar-refractivity contribution >= 4 is 0 Å². The van der Waals surface area contributed by atoms with Crippen molar-refractivity contribution < 1.29 is 9.84 Å². The molecule has 0 aliphatic heterocycles. The highest BCUT2D eigenvalue weighted by molar-refractivity contribution is 5.52. The molecule has 1 aromatic carbocycles. The van der Waals surface area contributed by atoms with Gasteiger partial charge in [-0.05, 0) is 48.9 Å². The molecule has 21 heavy (non-hydrogen) atoms. The molecule has 1 unspecified atom stereocenters. The maximum Gasteiger partial charge on any atom is 0.142 e. The predicted octanol–water partition coefficient (Wildman–Crippen LogP) is 3.80. The van der Waals surface area contributed by atoms with Gasteiger partial charge in [0.05, 0.1) is 18.9 Å². The standard InChI is InChI=1S/C18H23NO2/c1-12-5-6-17(21-4)14(9-12)19-8-7-13-15(19)10-18(2,3)11-16(13)20/h5-9,16,20H,10-11H2,1-4H3. The van der Waals surface area contributed by atoms with Crippen LogP contribution in [0.2, 0.25) is 0 Å². The number of aromatic nitrogens is 1. The lowest BCUT2D eigenvalue weighted by atomic mass is 9.75. The van der Waals surface area contributed by atoms with Crippen LogP contribution in [0.4, 0.5) is 0 Å². The summed E-state index contributed by atoms with van der Waals surface area (Å²) in [5.74, 6) is 0.858. The highest BCUT2D eigenvalue weighted by atomic mass is 16.5. The Hall–Kier alpha value is -1.74. The van der Waals surface area contributed by atoms with E-state index >= 15 is 0 Å². The monoisotopic (exact) mass is 285 g/mol. The molecule has 2 aromatic rings. The number of benzene rings is 1. The zero-order valence-electron chi connectivity index (χ0n) is 13.2. The van der Waals surface area contributed by atoms with Gasteiger partial charge >= 0.3 is 0 Å². The highest BCUT2D eigenvalue weighted by Gasteiger charge is 2.33. The Kier molecular flexibility index (Phi) is 3.33. The van der Waals surface area contributed by atoms with Crippen LogP contribution in [0.5, 0.6) is 5.75 Å². The van der Waals surface area contributed by atoms with Crippen molar-refractivity contribution in [3.05, 3.63) is 47.3 Å². The minimum absolute atomic E-state index is 0.111. The fraction of sp³-hybridized carbons (Fsp3) is 0.444. The Morgan fingerprint density at radius 1 is 1.29 bits per heavy atom. The predicted molar refractivity (Wildman–Crippen MR) is 84.1 cm³/mol. The average molecular weight is 285 g/mol. The van der Waals surface area contributed by atoms with E-state index in [1.165, 1.54) is 11.3 Å². The van der Waals surface area contributed by atoms with Crippen molar-refractivity contribution in [2.24, 2.45) is 5.41 Å². The third kappa shape index (κ3) is 2.46. The van der Waals surface area contributed by atoms with Crippen LogP contribution < -0.4 is 4.74 Å². The van der Waals surface area contributed by atoms with Crippen LogP contribution >= 0.6 is 0 Å². The molecule has 3 nitrogen and oxygen atoms in total. The van der Waals surface area contributed by atoms with E-state index in [-0.39, 0.29) is 11.5 Å². The molecule has 0 saturated carbocycles. The second-order valence-electron chi connectivity index (χ2n) is 6.82. The molecule has 1 N–H and O–H groups in total. The van der Waals surface area contributed by atoms with Gasteiger partial charge in [-0.1, -0.05) is 19.9 Å². The Bertz CT molecular complexity index is 670. The highest BCUT2D eigenvalue weighted by Crippen LogP contribution is 2.42. The van der Waals surface area contributed by atoms with Gasteiger partial charge in [-0.2, -0.15) is 0 Å². The number of ether oxygens (including phenoxy) is 1. The lowest BCUT2D eigenvalue weighted by Gasteiger charge is -2.34. The van der Waals surface area contributed by atoms with Crippen molar-refractivity contribution in [1.82, 2.24) is 4.57 Å². The number of aliphatic hydroxyl groups is 1. The van der Waals surface area contributed by atoms with Crippen LogP contribution in [0.25, 0.3) is 5.69 Å². The van der Waals surface area contributed by atoms with Gasteiger partial charge in [0.25, 0.3) is 0 Å². The van der Waals surface area contributed by atoms with E-state index in [0.29, 0.717) is 0 Å². The average Bonchev–Trinajstić information content (AvgIpc) is 2.80. The fourth-order valence-corrected chi connectivity index (χ4v) is 3.34. The van der Waals surface area contributed by atoms with Gasteiger partial charge in [0.1, 0.15) is 5.75 Å². The first-order valence-corrected chi connectivity index (χ1v) is 7.44. The zero-order valence-corrected chi connectivity index (χ0v) is 13.2. The van der Waals surface area contributed by atoms with Crippen LogP contribution in [0, 0.1) is 12.3 Å². The van der Waals surface area contributed by atoms with Crippen molar-refractivity contribution in [2.75, 3.05) is 7.11 Å². The van der Waals surface area contributed by atoms with Crippen LogP contribution in [-0.4, -0.2) is 16.8 Å². The van der Waals surface area contributed by atoms with Crippen molar-refractivity contribution in [3.8, 4) is 11.4 Å². The quantitative estimate of drug-likeness (QED) is 0.910. The molecule has 0 fully saturated rings. The topological polar surface area (TPSA) is 34.4 Å². The van der Waals surface area contributed by atoms with Gasteiger partial charge < -0.3 is 14.4 Å². The van der Waals surface area contributed by atoms with Crippen LogP contribution in [0.15, 0.2) is 30.5 Å². The number of nitrogens with zero attached hydrogens (tertiary/aromatic N) is 1. The summed E-state index contributed by atoms with van der Waals surface area (Å²) in [5.41, 5.74) is 4.60. The summed E-state index contributed by atoms with van der Waals surface area (Å²) in [7, 11) is 1.70. The molecule has 1 aromatic heterocycles. The zero-order chi connectivity index (χ0) is 15.2. The first-order chi connectivity index (χ1) is 9.91. The number of aryl methyl sites for hydroxylation is 1. The molecule has 3 rings (SSSR count). The van der Waals surface area contributed by atoms with Crippen molar-refractivity contribution in [2.45, 2.75) is 39.7 Å². The Labute approximate surface area is 126 Å². The van der Waals surface area contributed by atoms with E-state index in [1.54, 1.807) is 7.11 Å². The lowest BCUT2D eigenvalue weighted by Crippen LogP contribution is -2.26. The van der Waals surface area contributed by atoms with Gasteiger partial charge in [0.15, 0.2) is 0 Å². The summed E-state index contributed by atoms with van der Waals surface area (Å²) < 4.78 is 7.68. The summed E-state index contributed by atoms with van der Waals surface area (Å²) in [4.78, 5) is 0. The minimum Gasteiger partial charge on any atom is -0.495 e. The summed E-state index contributed by atoms with van der Waals surface area (Å²) in [5, 5.41) is 10.4. The number of hydrogen-bond acceptors (Lipinski definition) is 2. The minimum atomic E-state index is -0.374. The van der Waals surface area contributed by atoms with E-state index < -0.39 is 0 Å². The maximum atomic E-state index is 10.4. The van der Waals surface area contributed by atoms with Crippen LogP contribution in [0.1, 0.15) is 43.2 Å². The number of fused-ring (bicyclic) bond motifs is 1. The van der Waals surface area contributed by atoms with E-state index in [4.69, 9.17) is 4.74 Å². The first kappa shape index (κ1) is 14.2. The molecule has 3 heteroatoms.